The second-order valence-electron chi connectivity index (χ2n) is 5.16. The Morgan fingerprint density at radius 2 is 2.05 bits per heavy atom. The molecule has 1 aliphatic heterocycles. The summed E-state index contributed by atoms with van der Waals surface area (Å²) in [5.41, 5.74) is 8.43. The number of nitrogens with zero attached hydrogens (tertiary/aromatic N) is 2. The maximum absolute atomic E-state index is 12.0. The van der Waals surface area contributed by atoms with Gasteiger partial charge in [-0.15, -0.1) is 0 Å². The summed E-state index contributed by atoms with van der Waals surface area (Å²) in [6.45, 7) is 4.27. The molecular weight excluding hydrogens is 238 g/mol. The van der Waals surface area contributed by atoms with Crippen LogP contribution in [0, 0.1) is 0 Å². The molecule has 1 saturated heterocycles. The van der Waals surface area contributed by atoms with Crippen molar-refractivity contribution in [3.05, 3.63) is 29.8 Å². The Balaban J connectivity index is 2.28. The molecule has 104 valence electrons. The van der Waals surface area contributed by atoms with E-state index in [-0.39, 0.29) is 11.9 Å². The number of hydrogen-bond donors (Lipinski definition) is 1. The van der Waals surface area contributed by atoms with Crippen LogP contribution in [0.15, 0.2) is 24.3 Å². The van der Waals surface area contributed by atoms with E-state index in [1.807, 2.05) is 24.1 Å². The van der Waals surface area contributed by atoms with Gasteiger partial charge in [0.2, 0.25) is 5.91 Å². The minimum absolute atomic E-state index is 0.0345. The van der Waals surface area contributed by atoms with Crippen LogP contribution in [-0.4, -0.2) is 37.5 Å². The molecule has 0 saturated carbocycles. The first-order valence-electron chi connectivity index (χ1n) is 6.97. The van der Waals surface area contributed by atoms with Gasteiger partial charge >= 0.3 is 0 Å². The van der Waals surface area contributed by atoms with Crippen molar-refractivity contribution in [2.24, 2.45) is 5.73 Å². The SMILES string of the molecule is CC[C@H](N)c1ccccc1N1CCCN(C)C(=O)C1. The van der Waals surface area contributed by atoms with Gasteiger partial charge in [-0.25, -0.2) is 0 Å². The molecule has 1 atom stereocenters. The molecule has 4 nitrogen and oxygen atoms in total. The third-order valence-corrected chi connectivity index (χ3v) is 3.79. The van der Waals surface area contributed by atoms with Crippen molar-refractivity contribution >= 4 is 11.6 Å². The largest absolute Gasteiger partial charge is 0.362 e. The molecule has 0 radical (unpaired) electrons. The van der Waals surface area contributed by atoms with Crippen LogP contribution in [0.3, 0.4) is 0 Å². The summed E-state index contributed by atoms with van der Waals surface area (Å²) in [7, 11) is 1.87. The highest BCUT2D eigenvalue weighted by Crippen LogP contribution is 2.27. The Morgan fingerprint density at radius 3 is 2.79 bits per heavy atom. The normalized spacial score (nSPS) is 18.4. The molecule has 0 aromatic heterocycles. The fourth-order valence-electron chi connectivity index (χ4n) is 2.50. The lowest BCUT2D eigenvalue weighted by Crippen LogP contribution is -2.35. The molecular formula is C15H23N3O. The molecule has 4 heteroatoms. The maximum atomic E-state index is 12.0. The van der Waals surface area contributed by atoms with Gasteiger partial charge in [-0.2, -0.15) is 0 Å². The quantitative estimate of drug-likeness (QED) is 0.902. The van der Waals surface area contributed by atoms with Crippen LogP contribution >= 0.6 is 0 Å². The number of rotatable bonds is 3. The molecule has 0 unspecified atom stereocenters. The van der Waals surface area contributed by atoms with Crippen molar-refractivity contribution in [2.45, 2.75) is 25.8 Å². The molecule has 1 aliphatic rings. The summed E-state index contributed by atoms with van der Waals surface area (Å²) < 4.78 is 0. The van der Waals surface area contributed by atoms with Gasteiger partial charge in [0.15, 0.2) is 0 Å². The Morgan fingerprint density at radius 1 is 1.32 bits per heavy atom. The van der Waals surface area contributed by atoms with Gasteiger partial charge in [-0.1, -0.05) is 25.1 Å². The lowest BCUT2D eigenvalue weighted by atomic mass is 10.0. The van der Waals surface area contributed by atoms with E-state index in [1.165, 1.54) is 0 Å². The summed E-state index contributed by atoms with van der Waals surface area (Å²) in [5.74, 6) is 0.178. The second kappa shape index (κ2) is 6.06. The summed E-state index contributed by atoms with van der Waals surface area (Å²) in [6.07, 6.45) is 1.90. The Kier molecular flexibility index (Phi) is 4.43. The van der Waals surface area contributed by atoms with Crippen LogP contribution in [0.1, 0.15) is 31.4 Å². The number of nitrogens with two attached hydrogens (primary N) is 1. The molecule has 2 N–H and O–H groups in total. The van der Waals surface area contributed by atoms with Crippen molar-refractivity contribution < 1.29 is 4.79 Å². The monoisotopic (exact) mass is 261 g/mol. The molecule has 2 rings (SSSR count). The van der Waals surface area contributed by atoms with Crippen molar-refractivity contribution in [2.75, 3.05) is 31.6 Å². The van der Waals surface area contributed by atoms with Crippen LogP contribution in [0.5, 0.6) is 0 Å². The predicted molar refractivity (Wildman–Crippen MR) is 78.1 cm³/mol. The molecule has 1 aromatic carbocycles. The van der Waals surface area contributed by atoms with Gasteiger partial charge < -0.3 is 15.5 Å². The van der Waals surface area contributed by atoms with E-state index in [0.717, 1.165) is 37.2 Å². The molecule has 0 bridgehead atoms. The zero-order chi connectivity index (χ0) is 13.8. The fourth-order valence-corrected chi connectivity index (χ4v) is 2.50. The number of likely N-dealkylation sites (N-methyl/N-ethyl adjacent to an activating group) is 1. The summed E-state index contributed by atoms with van der Waals surface area (Å²) in [4.78, 5) is 16.0. The molecule has 19 heavy (non-hydrogen) atoms. The minimum atomic E-state index is 0.0345. The van der Waals surface area contributed by atoms with Crippen LogP contribution in [0.2, 0.25) is 0 Å². The van der Waals surface area contributed by atoms with Gasteiger partial charge in [0.1, 0.15) is 0 Å². The molecule has 1 heterocycles. The average Bonchev–Trinajstić information content (AvgIpc) is 2.60. The first-order chi connectivity index (χ1) is 9.13. The molecule has 1 fully saturated rings. The smallest absolute Gasteiger partial charge is 0.241 e. The molecule has 0 spiro atoms. The fraction of sp³-hybridized carbons (Fsp3) is 0.533. The van der Waals surface area contributed by atoms with Gasteiger partial charge in [0, 0.05) is 31.9 Å². The van der Waals surface area contributed by atoms with Crippen LogP contribution < -0.4 is 10.6 Å². The van der Waals surface area contributed by atoms with Crippen molar-refractivity contribution in [3.8, 4) is 0 Å². The van der Waals surface area contributed by atoms with Gasteiger partial charge in [-0.05, 0) is 24.5 Å². The maximum Gasteiger partial charge on any atom is 0.241 e. The molecule has 1 aromatic rings. The van der Waals surface area contributed by atoms with Gasteiger partial charge in [0.05, 0.1) is 6.54 Å². The zero-order valence-corrected chi connectivity index (χ0v) is 11.8. The number of carbonyl (C=O) groups excluding carboxylic acids is 1. The van der Waals surface area contributed by atoms with Crippen LogP contribution in [0.4, 0.5) is 5.69 Å². The second-order valence-corrected chi connectivity index (χ2v) is 5.16. The number of para-hydroxylation sites is 1. The van der Waals surface area contributed by atoms with Crippen LogP contribution in [0.25, 0.3) is 0 Å². The number of benzene rings is 1. The highest BCUT2D eigenvalue weighted by atomic mass is 16.2. The van der Waals surface area contributed by atoms with Crippen LogP contribution in [-0.2, 0) is 4.79 Å². The minimum Gasteiger partial charge on any atom is -0.362 e. The summed E-state index contributed by atoms with van der Waals surface area (Å²) in [6, 6.07) is 8.21. The first kappa shape index (κ1) is 13.9. The van der Waals surface area contributed by atoms with Crippen molar-refractivity contribution in [1.29, 1.82) is 0 Å². The highest BCUT2D eigenvalue weighted by Gasteiger charge is 2.21. The summed E-state index contributed by atoms with van der Waals surface area (Å²) in [5, 5.41) is 0. The summed E-state index contributed by atoms with van der Waals surface area (Å²) >= 11 is 0. The third-order valence-electron chi connectivity index (χ3n) is 3.79. The van der Waals surface area contributed by atoms with Gasteiger partial charge in [0.25, 0.3) is 0 Å². The van der Waals surface area contributed by atoms with E-state index in [0.29, 0.717) is 6.54 Å². The molecule has 0 aliphatic carbocycles. The Labute approximate surface area is 115 Å². The Bertz CT molecular complexity index is 447. The van der Waals surface area contributed by atoms with E-state index < -0.39 is 0 Å². The standard InChI is InChI=1S/C15H23N3O/c1-3-13(16)12-7-4-5-8-14(12)18-10-6-9-17(2)15(19)11-18/h4-5,7-8,13H,3,6,9-11,16H2,1-2H3/t13-/m0/s1. The first-order valence-corrected chi connectivity index (χ1v) is 6.97. The van der Waals surface area contributed by atoms with Crippen molar-refractivity contribution in [1.82, 2.24) is 4.90 Å². The van der Waals surface area contributed by atoms with E-state index in [9.17, 15) is 4.79 Å². The predicted octanol–water partition coefficient (Wildman–Crippen LogP) is 1.76. The highest BCUT2D eigenvalue weighted by molar-refractivity contribution is 5.82. The van der Waals surface area contributed by atoms with E-state index in [2.05, 4.69) is 24.0 Å². The Hall–Kier alpha value is -1.55. The van der Waals surface area contributed by atoms with E-state index >= 15 is 0 Å². The zero-order valence-electron chi connectivity index (χ0n) is 11.8. The third kappa shape index (κ3) is 3.07. The lowest BCUT2D eigenvalue weighted by molar-refractivity contribution is -0.127. The van der Waals surface area contributed by atoms with E-state index in [4.69, 9.17) is 5.73 Å². The number of carbonyl (C=O) groups is 1. The van der Waals surface area contributed by atoms with Crippen molar-refractivity contribution in [3.63, 3.8) is 0 Å². The number of anilines is 1. The van der Waals surface area contributed by atoms with E-state index in [1.54, 1.807) is 0 Å². The topological polar surface area (TPSA) is 49.6 Å². The lowest BCUT2D eigenvalue weighted by Gasteiger charge is -2.26. The number of amides is 1. The number of hydrogen-bond acceptors (Lipinski definition) is 3. The van der Waals surface area contributed by atoms with Gasteiger partial charge in [-0.3, -0.25) is 4.79 Å². The molecule has 1 amide bonds. The average molecular weight is 261 g/mol.